The topological polar surface area (TPSA) is 75.0 Å². The van der Waals surface area contributed by atoms with Crippen molar-refractivity contribution in [3.05, 3.63) is 18.1 Å². The van der Waals surface area contributed by atoms with E-state index in [9.17, 15) is 4.79 Å². The van der Waals surface area contributed by atoms with Crippen LogP contribution < -0.4 is 9.47 Å². The number of ether oxygens (including phenoxy) is 3. The molecule has 0 fully saturated rings. The molecule has 0 bridgehead atoms. The number of aromatic nitrogens is 3. The zero-order valence-corrected chi connectivity index (χ0v) is 9.04. The average molecular weight is 235 g/mol. The van der Waals surface area contributed by atoms with Gasteiger partial charge in [-0.2, -0.15) is 5.10 Å². The lowest BCUT2D eigenvalue weighted by Gasteiger charge is -2.05. The molecule has 0 aliphatic carbocycles. The minimum atomic E-state index is -0.533. The number of carbonyl (C=O) groups is 1. The Morgan fingerprint density at radius 2 is 2.29 bits per heavy atom. The standard InChI is InChI=1S/C10H9N3O4/c1-15-10(14)6-5-13-8-7(4-11-13)16-2-3-17-9(8)12-6/h4-5H,2-3H2,1H3. The molecule has 1 aliphatic rings. The van der Waals surface area contributed by atoms with Crippen molar-refractivity contribution in [1.82, 2.24) is 14.6 Å². The van der Waals surface area contributed by atoms with Gasteiger partial charge in [-0.05, 0) is 0 Å². The molecule has 2 aromatic rings. The van der Waals surface area contributed by atoms with Gasteiger partial charge in [0.25, 0.3) is 0 Å². The summed E-state index contributed by atoms with van der Waals surface area (Å²) >= 11 is 0. The third-order valence-corrected chi connectivity index (χ3v) is 2.41. The van der Waals surface area contributed by atoms with Crippen molar-refractivity contribution in [1.29, 1.82) is 0 Å². The molecule has 3 rings (SSSR count). The molecule has 17 heavy (non-hydrogen) atoms. The average Bonchev–Trinajstić information content (AvgIpc) is 2.64. The second-order valence-corrected chi connectivity index (χ2v) is 3.42. The van der Waals surface area contributed by atoms with Gasteiger partial charge in [-0.3, -0.25) is 0 Å². The molecule has 0 atom stereocenters. The number of rotatable bonds is 1. The minimum absolute atomic E-state index is 0.145. The van der Waals surface area contributed by atoms with E-state index in [0.717, 1.165) is 0 Å². The van der Waals surface area contributed by atoms with Gasteiger partial charge >= 0.3 is 5.97 Å². The van der Waals surface area contributed by atoms with E-state index in [1.165, 1.54) is 17.8 Å². The normalized spacial score (nSPS) is 13.7. The Morgan fingerprint density at radius 1 is 1.47 bits per heavy atom. The molecule has 88 valence electrons. The Labute approximate surface area is 95.9 Å². The zero-order chi connectivity index (χ0) is 11.8. The number of hydrogen-bond donors (Lipinski definition) is 0. The maximum atomic E-state index is 11.4. The molecule has 2 aromatic heterocycles. The van der Waals surface area contributed by atoms with Crippen molar-refractivity contribution in [2.45, 2.75) is 0 Å². The lowest BCUT2D eigenvalue weighted by molar-refractivity contribution is 0.0592. The first kappa shape index (κ1) is 9.88. The largest absolute Gasteiger partial charge is 0.486 e. The summed E-state index contributed by atoms with van der Waals surface area (Å²) in [6.45, 7) is 0.799. The maximum absolute atomic E-state index is 11.4. The second kappa shape index (κ2) is 3.62. The van der Waals surface area contributed by atoms with Gasteiger partial charge < -0.3 is 14.2 Å². The van der Waals surface area contributed by atoms with Gasteiger partial charge in [0.15, 0.2) is 17.0 Å². The Balaban J connectivity index is 2.24. The Kier molecular flexibility index (Phi) is 2.10. The molecular weight excluding hydrogens is 226 g/mol. The van der Waals surface area contributed by atoms with Gasteiger partial charge in [-0.1, -0.05) is 0 Å². The first-order valence-electron chi connectivity index (χ1n) is 5.02. The third-order valence-electron chi connectivity index (χ3n) is 2.41. The Hall–Kier alpha value is -2.31. The van der Waals surface area contributed by atoms with Crippen LogP contribution in [0, 0.1) is 0 Å². The van der Waals surface area contributed by atoms with Crippen LogP contribution in [0.2, 0.25) is 0 Å². The number of methoxy groups -OCH3 is 1. The van der Waals surface area contributed by atoms with E-state index in [1.54, 1.807) is 6.20 Å². The molecule has 7 heteroatoms. The summed E-state index contributed by atoms with van der Waals surface area (Å²) in [5.41, 5.74) is 0.765. The summed E-state index contributed by atoms with van der Waals surface area (Å²) in [6.07, 6.45) is 3.04. The van der Waals surface area contributed by atoms with Crippen molar-refractivity contribution in [2.75, 3.05) is 20.3 Å². The van der Waals surface area contributed by atoms with Crippen molar-refractivity contribution in [3.63, 3.8) is 0 Å². The van der Waals surface area contributed by atoms with Crippen LogP contribution in [0.3, 0.4) is 0 Å². The summed E-state index contributed by atoms with van der Waals surface area (Å²) in [5, 5.41) is 4.07. The van der Waals surface area contributed by atoms with Crippen LogP contribution in [-0.2, 0) is 4.74 Å². The smallest absolute Gasteiger partial charge is 0.358 e. The van der Waals surface area contributed by atoms with Crippen molar-refractivity contribution >= 4 is 11.5 Å². The van der Waals surface area contributed by atoms with Crippen molar-refractivity contribution in [3.8, 4) is 11.6 Å². The van der Waals surface area contributed by atoms with Gasteiger partial charge in [0, 0.05) is 0 Å². The fraction of sp³-hybridized carbons (Fsp3) is 0.300. The molecule has 1 aliphatic heterocycles. The summed E-state index contributed by atoms with van der Waals surface area (Å²) in [7, 11) is 1.30. The highest BCUT2D eigenvalue weighted by molar-refractivity contribution is 5.87. The lowest BCUT2D eigenvalue weighted by atomic mass is 10.4. The Bertz CT molecular complexity index is 592. The highest BCUT2D eigenvalue weighted by atomic mass is 16.5. The number of nitrogens with zero attached hydrogens (tertiary/aromatic N) is 3. The van der Waals surface area contributed by atoms with Crippen molar-refractivity contribution < 1.29 is 19.0 Å². The number of hydrogen-bond acceptors (Lipinski definition) is 6. The van der Waals surface area contributed by atoms with E-state index in [0.29, 0.717) is 30.4 Å². The molecule has 0 spiro atoms. The number of carbonyl (C=O) groups excluding carboxylic acids is 1. The van der Waals surface area contributed by atoms with Gasteiger partial charge in [-0.15, -0.1) is 0 Å². The molecular formula is C10H9N3O4. The maximum Gasteiger partial charge on any atom is 0.358 e. The first-order chi connectivity index (χ1) is 8.29. The minimum Gasteiger partial charge on any atom is -0.486 e. The van der Waals surface area contributed by atoms with E-state index >= 15 is 0 Å². The summed E-state index contributed by atoms with van der Waals surface area (Å²) in [6, 6.07) is 0. The molecule has 0 saturated carbocycles. The van der Waals surface area contributed by atoms with Crippen LogP contribution in [0.15, 0.2) is 12.4 Å². The number of esters is 1. The molecule has 7 nitrogen and oxygen atoms in total. The zero-order valence-electron chi connectivity index (χ0n) is 9.04. The van der Waals surface area contributed by atoms with Crippen LogP contribution in [0.4, 0.5) is 0 Å². The van der Waals surface area contributed by atoms with Gasteiger partial charge in [0.1, 0.15) is 13.2 Å². The molecule has 0 N–H and O–H groups in total. The molecule has 0 radical (unpaired) electrons. The second-order valence-electron chi connectivity index (χ2n) is 3.42. The quantitative estimate of drug-likeness (QED) is 0.661. The van der Waals surface area contributed by atoms with E-state index in [2.05, 4.69) is 14.8 Å². The third kappa shape index (κ3) is 1.47. The van der Waals surface area contributed by atoms with E-state index in [-0.39, 0.29) is 5.69 Å². The molecule has 3 heterocycles. The predicted octanol–water partition coefficient (Wildman–Crippen LogP) is 0.287. The van der Waals surface area contributed by atoms with Crippen LogP contribution in [-0.4, -0.2) is 40.9 Å². The van der Waals surface area contributed by atoms with Crippen LogP contribution >= 0.6 is 0 Å². The van der Waals surface area contributed by atoms with Gasteiger partial charge in [-0.25, -0.2) is 14.3 Å². The van der Waals surface area contributed by atoms with E-state index < -0.39 is 5.97 Å². The lowest BCUT2D eigenvalue weighted by Crippen LogP contribution is -2.10. The summed E-state index contributed by atoms with van der Waals surface area (Å²) < 4.78 is 16.9. The summed E-state index contributed by atoms with van der Waals surface area (Å²) in [4.78, 5) is 15.5. The SMILES string of the molecule is COC(=O)c1cn2ncc3c2c(n1)OCCO3. The van der Waals surface area contributed by atoms with Crippen molar-refractivity contribution in [2.24, 2.45) is 0 Å². The monoisotopic (exact) mass is 235 g/mol. The fourth-order valence-electron chi connectivity index (χ4n) is 1.65. The van der Waals surface area contributed by atoms with Crippen LogP contribution in [0.1, 0.15) is 10.5 Å². The highest BCUT2D eigenvalue weighted by Crippen LogP contribution is 2.29. The molecule has 0 unspecified atom stereocenters. The summed E-state index contributed by atoms with van der Waals surface area (Å²) in [5.74, 6) is 0.397. The molecule has 0 amide bonds. The highest BCUT2D eigenvalue weighted by Gasteiger charge is 2.20. The van der Waals surface area contributed by atoms with E-state index in [4.69, 9.17) is 9.47 Å². The van der Waals surface area contributed by atoms with Crippen LogP contribution in [0.25, 0.3) is 5.52 Å². The van der Waals surface area contributed by atoms with Gasteiger partial charge in [0.05, 0.1) is 19.5 Å². The fourth-order valence-corrected chi connectivity index (χ4v) is 1.65. The molecule has 0 aromatic carbocycles. The van der Waals surface area contributed by atoms with E-state index in [1.807, 2.05) is 0 Å². The first-order valence-corrected chi connectivity index (χ1v) is 5.02. The predicted molar refractivity (Wildman–Crippen MR) is 55.3 cm³/mol. The van der Waals surface area contributed by atoms with Gasteiger partial charge in [0.2, 0.25) is 5.88 Å². The Morgan fingerprint density at radius 3 is 3.12 bits per heavy atom. The molecule has 0 saturated heterocycles. The van der Waals surface area contributed by atoms with Crippen LogP contribution in [0.5, 0.6) is 11.6 Å².